The highest BCUT2D eigenvalue weighted by atomic mass is 15.2. The molecule has 0 bridgehead atoms. The van der Waals surface area contributed by atoms with Gasteiger partial charge in [-0.25, -0.2) is 4.98 Å². The van der Waals surface area contributed by atoms with E-state index < -0.39 is 0 Å². The standard InChI is InChI=1S/C12H24N4/c1-10(2)8-11(9-15(3)4)14-12-13-6-7-16(12)5/h6-7,10-11H,8-9H2,1-5H3,(H,13,14). The van der Waals surface area contributed by atoms with Crippen molar-refractivity contribution in [3.8, 4) is 0 Å². The molecule has 0 radical (unpaired) electrons. The summed E-state index contributed by atoms with van der Waals surface area (Å²) in [5.74, 6) is 1.64. The largest absolute Gasteiger partial charge is 0.352 e. The molecular weight excluding hydrogens is 200 g/mol. The van der Waals surface area contributed by atoms with Gasteiger partial charge in [-0.15, -0.1) is 0 Å². The van der Waals surface area contributed by atoms with Crippen LogP contribution in [0.15, 0.2) is 12.4 Å². The normalized spacial score (nSPS) is 13.4. The van der Waals surface area contributed by atoms with E-state index in [1.807, 2.05) is 24.0 Å². The molecule has 16 heavy (non-hydrogen) atoms. The van der Waals surface area contributed by atoms with Crippen molar-refractivity contribution >= 4 is 5.95 Å². The molecule has 1 atom stereocenters. The van der Waals surface area contributed by atoms with Crippen LogP contribution in [0.3, 0.4) is 0 Å². The lowest BCUT2D eigenvalue weighted by molar-refractivity contribution is 0.355. The third-order valence-corrected chi connectivity index (χ3v) is 2.50. The Morgan fingerprint density at radius 3 is 2.56 bits per heavy atom. The molecule has 1 rings (SSSR count). The molecule has 0 saturated heterocycles. The van der Waals surface area contributed by atoms with E-state index in [0.717, 1.165) is 18.9 Å². The first-order valence-electron chi connectivity index (χ1n) is 5.87. The van der Waals surface area contributed by atoms with Gasteiger partial charge in [0.1, 0.15) is 0 Å². The minimum Gasteiger partial charge on any atom is -0.352 e. The highest BCUT2D eigenvalue weighted by Gasteiger charge is 2.13. The molecule has 4 heteroatoms. The van der Waals surface area contributed by atoms with Crippen LogP contribution in [0.25, 0.3) is 0 Å². The number of nitrogens with zero attached hydrogens (tertiary/aromatic N) is 3. The Kier molecular flexibility index (Phi) is 4.80. The van der Waals surface area contributed by atoms with Gasteiger partial charge < -0.3 is 14.8 Å². The highest BCUT2D eigenvalue weighted by Crippen LogP contribution is 2.11. The van der Waals surface area contributed by atoms with E-state index in [-0.39, 0.29) is 0 Å². The molecule has 1 aromatic heterocycles. The van der Waals surface area contributed by atoms with Crippen LogP contribution in [0.4, 0.5) is 5.95 Å². The van der Waals surface area contributed by atoms with Gasteiger partial charge in [0.25, 0.3) is 0 Å². The van der Waals surface area contributed by atoms with Gasteiger partial charge in [0.05, 0.1) is 0 Å². The summed E-state index contributed by atoms with van der Waals surface area (Å²) >= 11 is 0. The second kappa shape index (κ2) is 5.89. The molecular formula is C12H24N4. The van der Waals surface area contributed by atoms with Crippen LogP contribution < -0.4 is 5.32 Å². The van der Waals surface area contributed by atoms with Crippen LogP contribution in [0.5, 0.6) is 0 Å². The molecule has 0 aliphatic heterocycles. The lowest BCUT2D eigenvalue weighted by Crippen LogP contribution is -2.34. The number of rotatable bonds is 6. The number of imidazole rings is 1. The molecule has 4 nitrogen and oxygen atoms in total. The summed E-state index contributed by atoms with van der Waals surface area (Å²) in [6.07, 6.45) is 4.94. The molecule has 1 aromatic rings. The topological polar surface area (TPSA) is 33.1 Å². The zero-order valence-electron chi connectivity index (χ0n) is 11.1. The Bertz CT molecular complexity index is 294. The quantitative estimate of drug-likeness (QED) is 0.800. The fourth-order valence-corrected chi connectivity index (χ4v) is 1.88. The molecule has 1 unspecified atom stereocenters. The first kappa shape index (κ1) is 13.0. The maximum Gasteiger partial charge on any atom is 0.202 e. The minimum absolute atomic E-state index is 0.455. The lowest BCUT2D eigenvalue weighted by atomic mass is 10.0. The smallest absolute Gasteiger partial charge is 0.202 e. The monoisotopic (exact) mass is 224 g/mol. The molecule has 1 N–H and O–H groups in total. The average Bonchev–Trinajstić information content (AvgIpc) is 2.49. The maximum absolute atomic E-state index is 4.30. The fraction of sp³-hybridized carbons (Fsp3) is 0.750. The summed E-state index contributed by atoms with van der Waals surface area (Å²) in [6, 6.07) is 0.455. The van der Waals surface area contributed by atoms with Gasteiger partial charge in [0.2, 0.25) is 5.95 Å². The van der Waals surface area contributed by atoms with Gasteiger partial charge in [0.15, 0.2) is 0 Å². The van der Waals surface area contributed by atoms with Gasteiger partial charge in [-0.05, 0) is 26.4 Å². The molecule has 0 amide bonds. The summed E-state index contributed by atoms with van der Waals surface area (Å²) in [5.41, 5.74) is 0. The number of aryl methyl sites for hydroxylation is 1. The van der Waals surface area contributed by atoms with Crippen molar-refractivity contribution in [3.63, 3.8) is 0 Å². The van der Waals surface area contributed by atoms with E-state index in [0.29, 0.717) is 12.0 Å². The van der Waals surface area contributed by atoms with Crippen molar-refractivity contribution < 1.29 is 0 Å². The van der Waals surface area contributed by atoms with Crippen molar-refractivity contribution in [3.05, 3.63) is 12.4 Å². The van der Waals surface area contributed by atoms with E-state index in [9.17, 15) is 0 Å². The van der Waals surface area contributed by atoms with Crippen LogP contribution in [0, 0.1) is 5.92 Å². The van der Waals surface area contributed by atoms with E-state index in [1.54, 1.807) is 0 Å². The minimum atomic E-state index is 0.455. The first-order valence-corrected chi connectivity index (χ1v) is 5.87. The Morgan fingerprint density at radius 2 is 2.12 bits per heavy atom. The predicted octanol–water partition coefficient (Wildman–Crippen LogP) is 1.81. The van der Waals surface area contributed by atoms with Gasteiger partial charge >= 0.3 is 0 Å². The zero-order valence-corrected chi connectivity index (χ0v) is 11.1. The summed E-state index contributed by atoms with van der Waals surface area (Å²) in [5, 5.41) is 3.50. The van der Waals surface area contributed by atoms with Crippen molar-refractivity contribution in [2.75, 3.05) is 26.0 Å². The Balaban J connectivity index is 2.59. The van der Waals surface area contributed by atoms with E-state index in [1.165, 1.54) is 0 Å². The van der Waals surface area contributed by atoms with E-state index in [4.69, 9.17) is 0 Å². The molecule has 0 aliphatic carbocycles. The number of likely N-dealkylation sites (N-methyl/N-ethyl adjacent to an activating group) is 1. The summed E-state index contributed by atoms with van der Waals surface area (Å²) in [6.45, 7) is 5.54. The van der Waals surface area contributed by atoms with Gasteiger partial charge in [-0.3, -0.25) is 0 Å². The van der Waals surface area contributed by atoms with Crippen LogP contribution >= 0.6 is 0 Å². The number of hydrogen-bond donors (Lipinski definition) is 1. The third kappa shape index (κ3) is 4.23. The molecule has 0 fully saturated rings. The summed E-state index contributed by atoms with van der Waals surface area (Å²) in [4.78, 5) is 6.51. The van der Waals surface area contributed by atoms with Crippen molar-refractivity contribution in [2.24, 2.45) is 13.0 Å². The Morgan fingerprint density at radius 1 is 1.44 bits per heavy atom. The SMILES string of the molecule is CC(C)CC(CN(C)C)Nc1nccn1C. The Hall–Kier alpha value is -1.03. The van der Waals surface area contributed by atoms with Crippen molar-refractivity contribution in [2.45, 2.75) is 26.3 Å². The third-order valence-electron chi connectivity index (χ3n) is 2.50. The van der Waals surface area contributed by atoms with Gasteiger partial charge in [0, 0.05) is 32.0 Å². The fourth-order valence-electron chi connectivity index (χ4n) is 1.88. The predicted molar refractivity (Wildman–Crippen MR) is 68.6 cm³/mol. The number of anilines is 1. The average molecular weight is 224 g/mol. The maximum atomic E-state index is 4.30. The molecule has 0 saturated carbocycles. The van der Waals surface area contributed by atoms with Crippen LogP contribution in [-0.2, 0) is 7.05 Å². The van der Waals surface area contributed by atoms with Crippen LogP contribution in [0.1, 0.15) is 20.3 Å². The molecule has 92 valence electrons. The second-order valence-electron chi connectivity index (χ2n) is 5.09. The van der Waals surface area contributed by atoms with Crippen LogP contribution in [-0.4, -0.2) is 41.1 Å². The van der Waals surface area contributed by atoms with Gasteiger partial charge in [-0.2, -0.15) is 0 Å². The number of hydrogen-bond acceptors (Lipinski definition) is 3. The second-order valence-corrected chi connectivity index (χ2v) is 5.09. The van der Waals surface area contributed by atoms with E-state index in [2.05, 4.69) is 43.1 Å². The Labute approximate surface area is 98.7 Å². The van der Waals surface area contributed by atoms with Crippen LogP contribution in [0.2, 0.25) is 0 Å². The highest BCUT2D eigenvalue weighted by molar-refractivity contribution is 5.27. The number of nitrogens with one attached hydrogen (secondary N) is 1. The van der Waals surface area contributed by atoms with Crippen molar-refractivity contribution in [1.29, 1.82) is 0 Å². The summed E-state index contributed by atoms with van der Waals surface area (Å²) < 4.78 is 2.02. The van der Waals surface area contributed by atoms with Crippen molar-refractivity contribution in [1.82, 2.24) is 14.5 Å². The molecule has 1 heterocycles. The van der Waals surface area contributed by atoms with Gasteiger partial charge in [-0.1, -0.05) is 13.8 Å². The number of aromatic nitrogens is 2. The molecule has 0 spiro atoms. The zero-order chi connectivity index (χ0) is 12.1. The summed E-state index contributed by atoms with van der Waals surface area (Å²) in [7, 11) is 6.22. The molecule has 0 aromatic carbocycles. The molecule has 0 aliphatic rings. The first-order chi connectivity index (χ1) is 7.49. The van der Waals surface area contributed by atoms with E-state index >= 15 is 0 Å². The lowest BCUT2D eigenvalue weighted by Gasteiger charge is -2.24.